The third-order valence-corrected chi connectivity index (χ3v) is 6.00. The predicted octanol–water partition coefficient (Wildman–Crippen LogP) is 4.06. The van der Waals surface area contributed by atoms with Crippen molar-refractivity contribution in [3.63, 3.8) is 0 Å². The normalized spacial score (nSPS) is 11.8. The summed E-state index contributed by atoms with van der Waals surface area (Å²) in [6.45, 7) is 3.71. The molecule has 10 heteroatoms. The standard InChI is InChI=1S/C20H21Cl2N3O4S/c1-13(2)19-20(30(27,28)29-17-9-15(21)8-16(22)10-17)25(18(24-19)5-7-26)12-14-4-3-6-23-11-14/h3-4,6,8-11,13,26H,5,7,12H2,1-2H3. The first kappa shape index (κ1) is 22.6. The molecule has 2 aromatic heterocycles. The molecule has 160 valence electrons. The number of halogens is 2. The Labute approximate surface area is 185 Å². The summed E-state index contributed by atoms with van der Waals surface area (Å²) < 4.78 is 33.6. The number of aliphatic hydroxyl groups is 1. The Balaban J connectivity index is 2.14. The van der Waals surface area contributed by atoms with Gasteiger partial charge in [0.05, 0.1) is 18.8 Å². The molecule has 0 aliphatic rings. The number of benzene rings is 1. The second kappa shape index (κ2) is 9.34. The predicted molar refractivity (Wildman–Crippen MR) is 115 cm³/mol. The second-order valence-corrected chi connectivity index (χ2v) is 9.27. The molecular weight excluding hydrogens is 449 g/mol. The summed E-state index contributed by atoms with van der Waals surface area (Å²) >= 11 is 12.0. The van der Waals surface area contributed by atoms with E-state index < -0.39 is 10.1 Å². The highest BCUT2D eigenvalue weighted by Crippen LogP contribution is 2.31. The molecule has 0 saturated carbocycles. The van der Waals surface area contributed by atoms with Crippen molar-refractivity contribution in [2.45, 2.75) is 37.8 Å². The van der Waals surface area contributed by atoms with Crippen molar-refractivity contribution >= 4 is 33.3 Å². The van der Waals surface area contributed by atoms with E-state index in [1.165, 1.54) is 18.2 Å². The first-order valence-corrected chi connectivity index (χ1v) is 11.4. The molecule has 0 fully saturated rings. The van der Waals surface area contributed by atoms with E-state index in [1.54, 1.807) is 23.0 Å². The molecule has 30 heavy (non-hydrogen) atoms. The Kier molecular flexibility index (Phi) is 7.02. The number of nitrogens with zero attached hydrogens (tertiary/aromatic N) is 3. The molecule has 7 nitrogen and oxygen atoms in total. The minimum absolute atomic E-state index is 0.0000390. The van der Waals surface area contributed by atoms with Crippen molar-refractivity contribution in [2.75, 3.05) is 6.61 Å². The van der Waals surface area contributed by atoms with Crippen LogP contribution in [0.25, 0.3) is 0 Å². The van der Waals surface area contributed by atoms with Crippen molar-refractivity contribution in [3.8, 4) is 5.75 Å². The van der Waals surface area contributed by atoms with Crippen LogP contribution in [0.2, 0.25) is 10.0 Å². The van der Waals surface area contributed by atoms with Gasteiger partial charge in [0.1, 0.15) is 11.6 Å². The van der Waals surface area contributed by atoms with Gasteiger partial charge in [0.15, 0.2) is 5.03 Å². The topological polar surface area (TPSA) is 94.3 Å². The molecule has 1 N–H and O–H groups in total. The zero-order valence-corrected chi connectivity index (χ0v) is 18.7. The molecule has 0 amide bonds. The van der Waals surface area contributed by atoms with E-state index in [9.17, 15) is 13.5 Å². The summed E-state index contributed by atoms with van der Waals surface area (Å²) in [6, 6.07) is 7.82. The third-order valence-electron chi connectivity index (χ3n) is 4.25. The van der Waals surface area contributed by atoms with Crippen LogP contribution in [0.1, 0.15) is 36.8 Å². The monoisotopic (exact) mass is 469 g/mol. The van der Waals surface area contributed by atoms with E-state index in [4.69, 9.17) is 27.4 Å². The van der Waals surface area contributed by atoms with Crippen LogP contribution in [0, 0.1) is 0 Å². The van der Waals surface area contributed by atoms with Gasteiger partial charge in [0, 0.05) is 41.0 Å². The molecule has 1 aromatic carbocycles. The summed E-state index contributed by atoms with van der Waals surface area (Å²) in [5.41, 5.74) is 1.14. The van der Waals surface area contributed by atoms with Gasteiger partial charge in [-0.05, 0) is 23.6 Å². The van der Waals surface area contributed by atoms with E-state index in [-0.39, 0.29) is 46.3 Å². The summed E-state index contributed by atoms with van der Waals surface area (Å²) in [6.07, 6.45) is 3.47. The van der Waals surface area contributed by atoms with E-state index in [2.05, 4.69) is 9.97 Å². The SMILES string of the molecule is CC(C)c1nc(CCO)n(Cc2cccnc2)c1S(=O)(=O)Oc1cc(Cl)cc(Cl)c1. The van der Waals surface area contributed by atoms with Gasteiger partial charge in [0.25, 0.3) is 0 Å². The third kappa shape index (κ3) is 5.13. The van der Waals surface area contributed by atoms with Crippen LogP contribution in [0.4, 0.5) is 0 Å². The van der Waals surface area contributed by atoms with Crippen LogP contribution in [0.15, 0.2) is 47.8 Å². The smallest absolute Gasteiger partial charge is 0.357 e. The van der Waals surface area contributed by atoms with Crippen molar-refractivity contribution in [2.24, 2.45) is 0 Å². The van der Waals surface area contributed by atoms with E-state index in [1.807, 2.05) is 19.9 Å². The highest BCUT2D eigenvalue weighted by atomic mass is 35.5. The van der Waals surface area contributed by atoms with Crippen LogP contribution in [-0.4, -0.2) is 34.7 Å². The number of imidazole rings is 1. The minimum atomic E-state index is -4.29. The van der Waals surface area contributed by atoms with Crippen LogP contribution < -0.4 is 4.18 Å². The molecule has 0 unspecified atom stereocenters. The van der Waals surface area contributed by atoms with E-state index in [0.29, 0.717) is 11.5 Å². The van der Waals surface area contributed by atoms with Gasteiger partial charge in [-0.15, -0.1) is 0 Å². The highest BCUT2D eigenvalue weighted by molar-refractivity contribution is 7.87. The lowest BCUT2D eigenvalue weighted by Gasteiger charge is -2.14. The van der Waals surface area contributed by atoms with Crippen LogP contribution >= 0.6 is 23.2 Å². The fraction of sp³-hybridized carbons (Fsp3) is 0.300. The lowest BCUT2D eigenvalue weighted by molar-refractivity contribution is 0.294. The van der Waals surface area contributed by atoms with Gasteiger partial charge in [-0.25, -0.2) is 4.98 Å². The van der Waals surface area contributed by atoms with Gasteiger partial charge < -0.3 is 13.9 Å². The lowest BCUT2D eigenvalue weighted by Crippen LogP contribution is -2.19. The zero-order chi connectivity index (χ0) is 21.9. The fourth-order valence-corrected chi connectivity index (χ4v) is 4.92. The van der Waals surface area contributed by atoms with Crippen molar-refractivity contribution in [1.29, 1.82) is 0 Å². The molecule has 0 spiro atoms. The number of pyridine rings is 1. The van der Waals surface area contributed by atoms with Crippen LogP contribution in [-0.2, 0) is 23.1 Å². The Morgan fingerprint density at radius 1 is 1.20 bits per heavy atom. The molecule has 0 radical (unpaired) electrons. The first-order chi connectivity index (χ1) is 14.2. The Bertz CT molecular complexity index is 1110. The maximum absolute atomic E-state index is 13.3. The van der Waals surface area contributed by atoms with Crippen molar-refractivity contribution < 1.29 is 17.7 Å². The Morgan fingerprint density at radius 3 is 2.47 bits per heavy atom. The molecule has 0 bridgehead atoms. The van der Waals surface area contributed by atoms with Gasteiger partial charge >= 0.3 is 10.1 Å². The van der Waals surface area contributed by atoms with Crippen molar-refractivity contribution in [1.82, 2.24) is 14.5 Å². The molecule has 2 heterocycles. The number of aromatic nitrogens is 3. The van der Waals surface area contributed by atoms with E-state index in [0.717, 1.165) is 5.56 Å². The lowest BCUT2D eigenvalue weighted by atomic mass is 10.1. The number of rotatable bonds is 8. The summed E-state index contributed by atoms with van der Waals surface area (Å²) in [5.74, 6) is 0.241. The average molecular weight is 470 g/mol. The molecule has 0 saturated heterocycles. The fourth-order valence-electron chi connectivity index (χ4n) is 3.01. The minimum Gasteiger partial charge on any atom is -0.396 e. The van der Waals surface area contributed by atoms with Crippen molar-refractivity contribution in [3.05, 3.63) is 69.9 Å². The summed E-state index contributed by atoms with van der Waals surface area (Å²) in [5, 5.41) is 9.91. The Hall–Kier alpha value is -2.13. The first-order valence-electron chi connectivity index (χ1n) is 9.21. The quantitative estimate of drug-likeness (QED) is 0.499. The molecule has 0 atom stereocenters. The molecule has 3 rings (SSSR count). The number of hydrogen-bond acceptors (Lipinski definition) is 6. The van der Waals surface area contributed by atoms with Gasteiger partial charge in [-0.2, -0.15) is 8.42 Å². The Morgan fingerprint density at radius 2 is 1.90 bits per heavy atom. The summed E-state index contributed by atoms with van der Waals surface area (Å²) in [7, 11) is -4.29. The maximum atomic E-state index is 13.3. The number of aliphatic hydroxyl groups excluding tert-OH is 1. The highest BCUT2D eigenvalue weighted by Gasteiger charge is 2.31. The molecule has 0 aliphatic heterocycles. The largest absolute Gasteiger partial charge is 0.396 e. The summed E-state index contributed by atoms with van der Waals surface area (Å²) in [4.78, 5) is 8.59. The zero-order valence-electron chi connectivity index (χ0n) is 16.4. The molecule has 0 aliphatic carbocycles. The van der Waals surface area contributed by atoms with Gasteiger partial charge in [-0.1, -0.05) is 43.1 Å². The van der Waals surface area contributed by atoms with E-state index >= 15 is 0 Å². The van der Waals surface area contributed by atoms with Gasteiger partial charge in [-0.3, -0.25) is 4.98 Å². The second-order valence-electron chi connectivity index (χ2n) is 6.94. The van der Waals surface area contributed by atoms with Gasteiger partial charge in [0.2, 0.25) is 0 Å². The average Bonchev–Trinajstić information content (AvgIpc) is 3.01. The van der Waals surface area contributed by atoms with Crippen LogP contribution in [0.5, 0.6) is 5.75 Å². The van der Waals surface area contributed by atoms with Crippen LogP contribution in [0.3, 0.4) is 0 Å². The number of hydrogen-bond donors (Lipinski definition) is 1. The molecular formula is C20H21Cl2N3O4S. The molecule has 3 aromatic rings. The maximum Gasteiger partial charge on any atom is 0.357 e.